The zero-order valence-electron chi connectivity index (χ0n) is 12.5. The highest BCUT2D eigenvalue weighted by atomic mass is 16.4. The molecule has 2 unspecified atom stereocenters. The van der Waals surface area contributed by atoms with Gasteiger partial charge < -0.3 is 15.5 Å². The second-order valence-electron chi connectivity index (χ2n) is 6.62. The van der Waals surface area contributed by atoms with Crippen molar-refractivity contribution in [3.05, 3.63) is 12.2 Å². The Morgan fingerprint density at radius 1 is 1.29 bits per heavy atom. The molecule has 0 saturated heterocycles. The van der Waals surface area contributed by atoms with Gasteiger partial charge in [0.1, 0.15) is 0 Å². The highest BCUT2D eigenvalue weighted by molar-refractivity contribution is 5.85. The van der Waals surface area contributed by atoms with Gasteiger partial charge in [0, 0.05) is 0 Å². The number of aliphatic hydroxyl groups excluding tert-OH is 1. The van der Waals surface area contributed by atoms with Gasteiger partial charge in [-0.25, -0.2) is 0 Å². The van der Waals surface area contributed by atoms with E-state index in [9.17, 15) is 19.8 Å². The molecule has 118 valence electrons. The minimum Gasteiger partial charge on any atom is -0.481 e. The van der Waals surface area contributed by atoms with Gasteiger partial charge in [0.15, 0.2) is 0 Å². The third-order valence-electron chi connectivity index (χ3n) is 4.87. The summed E-state index contributed by atoms with van der Waals surface area (Å²) in [4.78, 5) is 23.8. The SMILES string of the molecule is CC1CCCC(CO)(NC(=O)[C@@H]2CC=CC[C@@H]2C(=O)O)C1. The third-order valence-corrected chi connectivity index (χ3v) is 4.87. The Hall–Kier alpha value is -1.36. The first-order chi connectivity index (χ1) is 9.97. The average molecular weight is 295 g/mol. The third kappa shape index (κ3) is 3.64. The maximum absolute atomic E-state index is 12.5. The first kappa shape index (κ1) is 16.0. The Bertz CT molecular complexity index is 434. The fourth-order valence-electron chi connectivity index (χ4n) is 3.69. The normalized spacial score (nSPS) is 36.2. The summed E-state index contributed by atoms with van der Waals surface area (Å²) in [6, 6.07) is 0. The van der Waals surface area contributed by atoms with Gasteiger partial charge in [-0.05, 0) is 31.6 Å². The molecule has 5 nitrogen and oxygen atoms in total. The molecule has 4 atom stereocenters. The summed E-state index contributed by atoms with van der Waals surface area (Å²) < 4.78 is 0. The number of hydrogen-bond acceptors (Lipinski definition) is 3. The molecule has 1 fully saturated rings. The van der Waals surface area contributed by atoms with Gasteiger partial charge >= 0.3 is 5.97 Å². The molecule has 1 saturated carbocycles. The molecular weight excluding hydrogens is 270 g/mol. The van der Waals surface area contributed by atoms with Crippen LogP contribution >= 0.6 is 0 Å². The zero-order valence-corrected chi connectivity index (χ0v) is 12.5. The van der Waals surface area contributed by atoms with Crippen LogP contribution in [0.5, 0.6) is 0 Å². The number of rotatable bonds is 4. The number of carboxylic acids is 1. The van der Waals surface area contributed by atoms with Gasteiger partial charge in [0.05, 0.1) is 24.0 Å². The average Bonchev–Trinajstić information content (AvgIpc) is 2.47. The van der Waals surface area contributed by atoms with E-state index in [2.05, 4.69) is 12.2 Å². The van der Waals surface area contributed by atoms with Gasteiger partial charge in [0.2, 0.25) is 5.91 Å². The summed E-state index contributed by atoms with van der Waals surface area (Å²) in [5, 5.41) is 22.0. The van der Waals surface area contributed by atoms with Gasteiger partial charge in [-0.15, -0.1) is 0 Å². The van der Waals surface area contributed by atoms with Crippen LogP contribution in [0.3, 0.4) is 0 Å². The van der Waals surface area contributed by atoms with Crippen molar-refractivity contribution in [3.63, 3.8) is 0 Å². The Labute approximate surface area is 125 Å². The van der Waals surface area contributed by atoms with E-state index in [0.717, 1.165) is 25.7 Å². The van der Waals surface area contributed by atoms with Crippen molar-refractivity contribution in [2.45, 2.75) is 51.0 Å². The van der Waals surface area contributed by atoms with Crippen molar-refractivity contribution in [1.82, 2.24) is 5.32 Å². The maximum atomic E-state index is 12.5. The minimum atomic E-state index is -0.922. The summed E-state index contributed by atoms with van der Waals surface area (Å²) in [5.74, 6) is -1.88. The molecule has 3 N–H and O–H groups in total. The fourth-order valence-corrected chi connectivity index (χ4v) is 3.69. The van der Waals surface area contributed by atoms with Crippen LogP contribution in [0.15, 0.2) is 12.2 Å². The number of nitrogens with one attached hydrogen (secondary N) is 1. The molecule has 0 spiro atoms. The molecule has 0 bridgehead atoms. The van der Waals surface area contributed by atoms with Crippen LogP contribution in [0, 0.1) is 17.8 Å². The molecule has 2 rings (SSSR count). The molecule has 0 aromatic carbocycles. The molecule has 2 aliphatic carbocycles. The molecule has 0 heterocycles. The highest BCUT2D eigenvalue weighted by Gasteiger charge is 2.40. The lowest BCUT2D eigenvalue weighted by Gasteiger charge is -2.40. The van der Waals surface area contributed by atoms with Crippen LogP contribution in [0.1, 0.15) is 45.4 Å². The zero-order chi connectivity index (χ0) is 15.5. The molecular formula is C16H25NO4. The smallest absolute Gasteiger partial charge is 0.307 e. The predicted octanol–water partition coefficient (Wildman–Crippen LogP) is 1.71. The molecule has 0 aromatic rings. The van der Waals surface area contributed by atoms with Crippen molar-refractivity contribution in [2.24, 2.45) is 17.8 Å². The van der Waals surface area contributed by atoms with Crippen LogP contribution in [0.25, 0.3) is 0 Å². The summed E-state index contributed by atoms with van der Waals surface area (Å²) in [5.41, 5.74) is -0.570. The number of carbonyl (C=O) groups is 2. The number of aliphatic hydroxyl groups is 1. The Morgan fingerprint density at radius 2 is 1.95 bits per heavy atom. The summed E-state index contributed by atoms with van der Waals surface area (Å²) in [7, 11) is 0. The van der Waals surface area contributed by atoms with Crippen LogP contribution in [-0.4, -0.2) is 34.2 Å². The van der Waals surface area contributed by atoms with E-state index in [-0.39, 0.29) is 12.5 Å². The Kier molecular flexibility index (Phi) is 5.04. The van der Waals surface area contributed by atoms with Crippen molar-refractivity contribution < 1.29 is 19.8 Å². The maximum Gasteiger partial charge on any atom is 0.307 e. The van der Waals surface area contributed by atoms with Crippen LogP contribution in [0.4, 0.5) is 0 Å². The second kappa shape index (κ2) is 6.60. The predicted molar refractivity (Wildman–Crippen MR) is 78.6 cm³/mol. The number of allylic oxidation sites excluding steroid dienone is 2. The van der Waals surface area contributed by atoms with E-state index < -0.39 is 23.3 Å². The van der Waals surface area contributed by atoms with Gasteiger partial charge in [-0.1, -0.05) is 31.9 Å². The first-order valence-corrected chi connectivity index (χ1v) is 7.78. The number of carboxylic acid groups (broad SMARTS) is 1. The summed E-state index contributed by atoms with van der Waals surface area (Å²) in [6.45, 7) is 2.04. The quantitative estimate of drug-likeness (QED) is 0.689. The van der Waals surface area contributed by atoms with Crippen LogP contribution in [0.2, 0.25) is 0 Å². The molecule has 21 heavy (non-hydrogen) atoms. The molecule has 2 aliphatic rings. The second-order valence-corrected chi connectivity index (χ2v) is 6.62. The lowest BCUT2D eigenvalue weighted by atomic mass is 9.75. The van der Waals surface area contributed by atoms with Gasteiger partial charge in [0.25, 0.3) is 0 Å². The highest BCUT2D eigenvalue weighted by Crippen LogP contribution is 2.33. The van der Waals surface area contributed by atoms with E-state index in [0.29, 0.717) is 18.8 Å². The van der Waals surface area contributed by atoms with Crippen molar-refractivity contribution in [3.8, 4) is 0 Å². The summed E-state index contributed by atoms with van der Waals surface area (Å²) in [6.07, 6.45) is 8.17. The molecule has 5 heteroatoms. The van der Waals surface area contributed by atoms with Crippen molar-refractivity contribution in [1.29, 1.82) is 0 Å². The lowest BCUT2D eigenvalue weighted by Crippen LogP contribution is -2.56. The van der Waals surface area contributed by atoms with E-state index in [1.54, 1.807) is 0 Å². The molecule has 0 radical (unpaired) electrons. The van der Waals surface area contributed by atoms with Crippen LogP contribution in [-0.2, 0) is 9.59 Å². The van der Waals surface area contributed by atoms with Crippen LogP contribution < -0.4 is 5.32 Å². The van der Waals surface area contributed by atoms with E-state index in [1.165, 1.54) is 0 Å². The number of aliphatic carboxylic acids is 1. The fraction of sp³-hybridized carbons (Fsp3) is 0.750. The van der Waals surface area contributed by atoms with E-state index >= 15 is 0 Å². The molecule has 1 amide bonds. The van der Waals surface area contributed by atoms with Crippen molar-refractivity contribution in [2.75, 3.05) is 6.61 Å². The number of amides is 1. The first-order valence-electron chi connectivity index (χ1n) is 7.78. The monoisotopic (exact) mass is 295 g/mol. The minimum absolute atomic E-state index is 0.0800. The van der Waals surface area contributed by atoms with E-state index in [4.69, 9.17) is 0 Å². The summed E-state index contributed by atoms with van der Waals surface area (Å²) >= 11 is 0. The Balaban J connectivity index is 2.08. The number of hydrogen-bond donors (Lipinski definition) is 3. The molecule has 0 aliphatic heterocycles. The lowest BCUT2D eigenvalue weighted by molar-refractivity contribution is -0.148. The molecule has 0 aromatic heterocycles. The standard InChI is InChI=1S/C16H25NO4/c1-11-5-4-8-16(9-11,10-18)17-14(19)12-6-2-3-7-13(12)15(20)21/h2-3,11-13,18H,4-10H2,1H3,(H,17,19)(H,20,21)/t11?,12-,13+,16?/m1/s1. The topological polar surface area (TPSA) is 86.6 Å². The van der Waals surface area contributed by atoms with Gasteiger partial charge in [-0.3, -0.25) is 9.59 Å². The number of carbonyl (C=O) groups excluding carboxylic acids is 1. The van der Waals surface area contributed by atoms with Gasteiger partial charge in [-0.2, -0.15) is 0 Å². The Morgan fingerprint density at radius 3 is 2.52 bits per heavy atom. The van der Waals surface area contributed by atoms with Crippen molar-refractivity contribution >= 4 is 11.9 Å². The van der Waals surface area contributed by atoms with E-state index in [1.807, 2.05) is 12.2 Å². The largest absolute Gasteiger partial charge is 0.481 e.